The molecule has 0 bridgehead atoms. The van der Waals surface area contributed by atoms with E-state index in [0.29, 0.717) is 22.5 Å². The summed E-state index contributed by atoms with van der Waals surface area (Å²) in [7, 11) is -3.86. The highest BCUT2D eigenvalue weighted by Gasteiger charge is 2.26. The number of nitriles is 1. The van der Waals surface area contributed by atoms with Crippen LogP contribution < -0.4 is 10.5 Å². The van der Waals surface area contributed by atoms with Crippen LogP contribution in [0.2, 0.25) is 0 Å². The molecule has 3 N–H and O–H groups in total. The Labute approximate surface area is 197 Å². The predicted octanol–water partition coefficient (Wildman–Crippen LogP) is 3.95. The van der Waals surface area contributed by atoms with Gasteiger partial charge in [-0.1, -0.05) is 60.2 Å². The van der Waals surface area contributed by atoms with Gasteiger partial charge in [0.05, 0.1) is 11.0 Å². The first-order chi connectivity index (χ1) is 16.3. The molecule has 4 aromatic rings. The van der Waals surface area contributed by atoms with Gasteiger partial charge in [0.1, 0.15) is 17.9 Å². The smallest absolute Gasteiger partial charge is 0.274 e. The molecule has 0 spiro atoms. The van der Waals surface area contributed by atoms with E-state index in [-0.39, 0.29) is 17.1 Å². The fraction of sp³-hybridized carbons (Fsp3) is 0.0800. The number of aromatic nitrogens is 2. The molecule has 8 nitrogen and oxygen atoms in total. The largest absolute Gasteiger partial charge is 0.321 e. The summed E-state index contributed by atoms with van der Waals surface area (Å²) in [6, 6.07) is 24.6. The standard InChI is InChI=1S/C25H21N5O3S/c1-17-7-9-18(10-8-17)22-23(19-11-13-21(14-12-19)34(27,32)33)29-30(16-15-26)24(22)25(31)28-20-5-3-2-4-6-20/h2-14H,16H2,1H3,(H,28,31)(H2,27,32,33). The van der Waals surface area contributed by atoms with Crippen LogP contribution >= 0.6 is 0 Å². The average molecular weight is 472 g/mol. The number of carbonyl (C=O) groups is 1. The van der Waals surface area contributed by atoms with E-state index in [1.807, 2.05) is 55.5 Å². The molecule has 0 unspecified atom stereocenters. The fourth-order valence-corrected chi connectivity index (χ4v) is 4.10. The number of nitrogens with zero attached hydrogens (tertiary/aromatic N) is 3. The van der Waals surface area contributed by atoms with Crippen molar-refractivity contribution < 1.29 is 13.2 Å². The first-order valence-electron chi connectivity index (χ1n) is 10.3. The second-order valence-corrected chi connectivity index (χ2v) is 9.20. The summed E-state index contributed by atoms with van der Waals surface area (Å²) in [5.41, 5.74) is 4.16. The maximum absolute atomic E-state index is 13.4. The van der Waals surface area contributed by atoms with Gasteiger partial charge in [-0.3, -0.25) is 4.79 Å². The topological polar surface area (TPSA) is 131 Å². The lowest BCUT2D eigenvalue weighted by Gasteiger charge is -2.10. The molecule has 0 aliphatic carbocycles. The molecule has 0 fully saturated rings. The van der Waals surface area contributed by atoms with Crippen molar-refractivity contribution in [3.8, 4) is 28.5 Å². The molecule has 3 aromatic carbocycles. The number of carbonyl (C=O) groups excluding carboxylic acids is 1. The normalized spacial score (nSPS) is 11.1. The summed E-state index contributed by atoms with van der Waals surface area (Å²) < 4.78 is 24.7. The van der Waals surface area contributed by atoms with Crippen molar-refractivity contribution in [2.24, 2.45) is 5.14 Å². The molecule has 4 rings (SSSR count). The second kappa shape index (κ2) is 9.31. The van der Waals surface area contributed by atoms with Gasteiger partial charge in [-0.2, -0.15) is 10.4 Å². The number of sulfonamides is 1. The highest BCUT2D eigenvalue weighted by molar-refractivity contribution is 7.89. The first-order valence-corrected chi connectivity index (χ1v) is 11.9. The van der Waals surface area contributed by atoms with E-state index in [1.165, 1.54) is 16.8 Å². The van der Waals surface area contributed by atoms with Crippen LogP contribution in [0.5, 0.6) is 0 Å². The van der Waals surface area contributed by atoms with Crippen molar-refractivity contribution in [2.45, 2.75) is 18.4 Å². The third kappa shape index (κ3) is 4.73. The molecule has 0 aliphatic rings. The molecule has 0 atom stereocenters. The summed E-state index contributed by atoms with van der Waals surface area (Å²) in [6.45, 7) is 1.81. The Hall–Kier alpha value is -4.26. The van der Waals surface area contributed by atoms with Crippen molar-refractivity contribution in [3.05, 3.63) is 90.1 Å². The molecule has 170 valence electrons. The van der Waals surface area contributed by atoms with E-state index in [1.54, 1.807) is 24.3 Å². The first kappa shape index (κ1) is 22.9. The van der Waals surface area contributed by atoms with E-state index in [2.05, 4.69) is 10.4 Å². The SMILES string of the molecule is Cc1ccc(-c2c(-c3ccc(S(N)(=O)=O)cc3)nn(CC#N)c2C(=O)Nc2ccccc2)cc1. The number of nitrogens with one attached hydrogen (secondary N) is 1. The molecule has 0 radical (unpaired) electrons. The average Bonchev–Trinajstić information content (AvgIpc) is 3.19. The minimum absolute atomic E-state index is 0.0355. The van der Waals surface area contributed by atoms with Crippen LogP contribution in [0.25, 0.3) is 22.4 Å². The number of primary sulfonamides is 1. The monoisotopic (exact) mass is 471 g/mol. The minimum Gasteiger partial charge on any atom is -0.321 e. The van der Waals surface area contributed by atoms with Gasteiger partial charge in [-0.05, 0) is 36.8 Å². The zero-order chi connectivity index (χ0) is 24.3. The number of nitrogens with two attached hydrogens (primary N) is 1. The summed E-state index contributed by atoms with van der Waals surface area (Å²) in [5, 5.41) is 22.1. The molecule has 9 heteroatoms. The lowest BCUT2D eigenvalue weighted by molar-refractivity contribution is 0.101. The van der Waals surface area contributed by atoms with Crippen LogP contribution in [0, 0.1) is 18.3 Å². The van der Waals surface area contributed by atoms with Crippen LogP contribution in [0.1, 0.15) is 16.1 Å². The number of hydrogen-bond acceptors (Lipinski definition) is 5. The molecular formula is C25H21N5O3S. The van der Waals surface area contributed by atoms with Gasteiger partial charge in [0.15, 0.2) is 0 Å². The van der Waals surface area contributed by atoms with Crippen LogP contribution in [0.15, 0.2) is 83.8 Å². The highest BCUT2D eigenvalue weighted by atomic mass is 32.2. The van der Waals surface area contributed by atoms with Gasteiger partial charge >= 0.3 is 0 Å². The summed E-state index contributed by atoms with van der Waals surface area (Å²) in [6.07, 6.45) is 0. The van der Waals surface area contributed by atoms with Crippen molar-refractivity contribution in [1.29, 1.82) is 5.26 Å². The van der Waals surface area contributed by atoms with Gasteiger partial charge in [0.25, 0.3) is 5.91 Å². The molecule has 34 heavy (non-hydrogen) atoms. The maximum atomic E-state index is 13.4. The van der Waals surface area contributed by atoms with E-state index < -0.39 is 15.9 Å². The lowest BCUT2D eigenvalue weighted by atomic mass is 9.97. The van der Waals surface area contributed by atoms with Gasteiger partial charge in [0.2, 0.25) is 10.0 Å². The zero-order valence-electron chi connectivity index (χ0n) is 18.3. The number of anilines is 1. The molecule has 0 aliphatic heterocycles. The Morgan fingerprint density at radius 2 is 1.62 bits per heavy atom. The Bertz CT molecular complexity index is 1490. The molecule has 0 saturated carbocycles. The number of rotatable bonds is 6. The number of para-hydroxylation sites is 1. The van der Waals surface area contributed by atoms with Crippen LogP contribution in [-0.2, 0) is 16.6 Å². The molecule has 1 amide bonds. The number of amides is 1. The van der Waals surface area contributed by atoms with Crippen LogP contribution in [-0.4, -0.2) is 24.1 Å². The quantitative estimate of drug-likeness (QED) is 0.440. The predicted molar refractivity (Wildman–Crippen MR) is 129 cm³/mol. The van der Waals surface area contributed by atoms with Crippen LogP contribution in [0.3, 0.4) is 0 Å². The summed E-state index contributed by atoms with van der Waals surface area (Å²) >= 11 is 0. The fourth-order valence-electron chi connectivity index (χ4n) is 3.58. The zero-order valence-corrected chi connectivity index (χ0v) is 19.1. The van der Waals surface area contributed by atoms with E-state index in [4.69, 9.17) is 5.14 Å². The van der Waals surface area contributed by atoms with E-state index >= 15 is 0 Å². The third-order valence-electron chi connectivity index (χ3n) is 5.22. The van der Waals surface area contributed by atoms with Crippen molar-refractivity contribution >= 4 is 21.6 Å². The van der Waals surface area contributed by atoms with Gasteiger partial charge in [-0.25, -0.2) is 18.2 Å². The number of hydrogen-bond donors (Lipinski definition) is 2. The van der Waals surface area contributed by atoms with Crippen molar-refractivity contribution in [3.63, 3.8) is 0 Å². The Balaban J connectivity index is 1.92. The van der Waals surface area contributed by atoms with E-state index in [0.717, 1.165) is 11.1 Å². The summed E-state index contributed by atoms with van der Waals surface area (Å²) in [5.74, 6) is -0.420. The van der Waals surface area contributed by atoms with Crippen LogP contribution in [0.4, 0.5) is 5.69 Å². The molecule has 0 saturated heterocycles. The Kier molecular flexibility index (Phi) is 6.27. The molecular weight excluding hydrogens is 450 g/mol. The number of benzene rings is 3. The minimum atomic E-state index is -3.86. The third-order valence-corrected chi connectivity index (χ3v) is 6.15. The molecule has 1 heterocycles. The van der Waals surface area contributed by atoms with Gasteiger partial charge < -0.3 is 5.32 Å². The van der Waals surface area contributed by atoms with Crippen molar-refractivity contribution in [2.75, 3.05) is 5.32 Å². The summed E-state index contributed by atoms with van der Waals surface area (Å²) in [4.78, 5) is 13.4. The van der Waals surface area contributed by atoms with E-state index in [9.17, 15) is 18.5 Å². The Morgan fingerprint density at radius 3 is 2.21 bits per heavy atom. The maximum Gasteiger partial charge on any atom is 0.274 e. The molecule has 1 aromatic heterocycles. The van der Waals surface area contributed by atoms with Crippen molar-refractivity contribution in [1.82, 2.24) is 9.78 Å². The Morgan fingerprint density at radius 1 is 1.00 bits per heavy atom. The number of aryl methyl sites for hydroxylation is 1. The highest BCUT2D eigenvalue weighted by Crippen LogP contribution is 2.35. The second-order valence-electron chi connectivity index (χ2n) is 7.64. The van der Waals surface area contributed by atoms with Gasteiger partial charge in [-0.15, -0.1) is 0 Å². The lowest BCUT2D eigenvalue weighted by Crippen LogP contribution is -2.18. The van der Waals surface area contributed by atoms with Gasteiger partial charge in [0, 0.05) is 16.8 Å².